The van der Waals surface area contributed by atoms with Crippen LogP contribution in [0.1, 0.15) is 23.2 Å². The molecule has 0 unspecified atom stereocenters. The molecule has 0 heterocycles. The molecule has 1 fully saturated rings. The van der Waals surface area contributed by atoms with Crippen molar-refractivity contribution in [1.29, 1.82) is 0 Å². The number of amides is 1. The molecule has 2 N–H and O–H groups in total. The second-order valence-electron chi connectivity index (χ2n) is 4.23. The van der Waals surface area contributed by atoms with E-state index in [4.69, 9.17) is 11.6 Å². The van der Waals surface area contributed by atoms with E-state index in [0.29, 0.717) is 19.1 Å². The number of hydrogen-bond acceptors (Lipinski definition) is 2. The van der Waals surface area contributed by atoms with Gasteiger partial charge in [0.25, 0.3) is 5.91 Å². The van der Waals surface area contributed by atoms with Gasteiger partial charge in [0.05, 0.1) is 10.6 Å². The Balaban J connectivity index is 1.88. The average molecular weight is 275 g/mol. The minimum absolute atomic E-state index is 0.330. The summed E-state index contributed by atoms with van der Waals surface area (Å²) in [6, 6.07) is 2.15. The molecule has 6 heteroatoms. The zero-order valence-electron chi connectivity index (χ0n) is 9.60. The Hall–Kier alpha value is -1.20. The van der Waals surface area contributed by atoms with E-state index in [-0.39, 0.29) is 10.6 Å². The van der Waals surface area contributed by atoms with Gasteiger partial charge in [-0.3, -0.25) is 4.79 Å². The highest BCUT2D eigenvalue weighted by Crippen LogP contribution is 2.19. The van der Waals surface area contributed by atoms with Crippen LogP contribution in [-0.4, -0.2) is 25.0 Å². The maximum atomic E-state index is 13.4. The Labute approximate surface area is 109 Å². The van der Waals surface area contributed by atoms with Gasteiger partial charge >= 0.3 is 0 Å². The molecule has 0 saturated heterocycles. The fourth-order valence-electron chi connectivity index (χ4n) is 1.53. The number of benzene rings is 1. The van der Waals surface area contributed by atoms with E-state index in [0.717, 1.165) is 25.0 Å². The summed E-state index contributed by atoms with van der Waals surface area (Å²) in [4.78, 5) is 11.6. The van der Waals surface area contributed by atoms with Gasteiger partial charge < -0.3 is 10.6 Å². The van der Waals surface area contributed by atoms with Crippen molar-refractivity contribution in [2.24, 2.45) is 0 Å². The second-order valence-corrected chi connectivity index (χ2v) is 4.64. The normalized spacial score (nSPS) is 14.6. The van der Waals surface area contributed by atoms with Crippen LogP contribution in [0.4, 0.5) is 8.78 Å². The Morgan fingerprint density at radius 1 is 1.28 bits per heavy atom. The predicted molar refractivity (Wildman–Crippen MR) is 64.7 cm³/mol. The number of nitrogens with one attached hydrogen (secondary N) is 2. The molecule has 1 saturated carbocycles. The van der Waals surface area contributed by atoms with Crippen molar-refractivity contribution in [2.45, 2.75) is 18.9 Å². The average Bonchev–Trinajstić information content (AvgIpc) is 3.13. The van der Waals surface area contributed by atoms with E-state index in [2.05, 4.69) is 10.6 Å². The molecule has 18 heavy (non-hydrogen) atoms. The highest BCUT2D eigenvalue weighted by molar-refractivity contribution is 6.30. The summed E-state index contributed by atoms with van der Waals surface area (Å²) in [6.45, 7) is 0.993. The lowest BCUT2D eigenvalue weighted by Crippen LogP contribution is -2.33. The van der Waals surface area contributed by atoms with Crippen molar-refractivity contribution >= 4 is 17.5 Å². The van der Waals surface area contributed by atoms with Crippen molar-refractivity contribution in [3.05, 3.63) is 34.4 Å². The van der Waals surface area contributed by atoms with E-state index >= 15 is 0 Å². The maximum Gasteiger partial charge on any atom is 0.254 e. The molecule has 0 spiro atoms. The largest absolute Gasteiger partial charge is 0.351 e. The van der Waals surface area contributed by atoms with E-state index < -0.39 is 17.5 Å². The van der Waals surface area contributed by atoms with Gasteiger partial charge in [0.15, 0.2) is 0 Å². The van der Waals surface area contributed by atoms with Gasteiger partial charge in [0.2, 0.25) is 0 Å². The number of carbonyl (C=O) groups excluding carboxylic acids is 1. The van der Waals surface area contributed by atoms with E-state index in [1.807, 2.05) is 0 Å². The first-order valence-electron chi connectivity index (χ1n) is 5.74. The van der Waals surface area contributed by atoms with Crippen LogP contribution in [0, 0.1) is 11.6 Å². The topological polar surface area (TPSA) is 41.1 Å². The van der Waals surface area contributed by atoms with Crippen molar-refractivity contribution < 1.29 is 13.6 Å². The van der Waals surface area contributed by atoms with Crippen LogP contribution in [-0.2, 0) is 0 Å². The van der Waals surface area contributed by atoms with Gasteiger partial charge in [-0.15, -0.1) is 0 Å². The number of hydrogen-bond donors (Lipinski definition) is 2. The molecule has 98 valence electrons. The standard InChI is InChI=1S/C12H13ClF2N2O/c13-9-6-10(14)8(5-11(9)15)12(18)17-4-3-16-7-1-2-7/h5-7,16H,1-4H2,(H,17,18). The van der Waals surface area contributed by atoms with Crippen LogP contribution >= 0.6 is 11.6 Å². The Morgan fingerprint density at radius 2 is 2.00 bits per heavy atom. The van der Waals surface area contributed by atoms with Gasteiger partial charge in [0, 0.05) is 19.1 Å². The summed E-state index contributed by atoms with van der Waals surface area (Å²) in [5.41, 5.74) is -0.330. The molecule has 1 amide bonds. The molecule has 1 aliphatic carbocycles. The lowest BCUT2D eigenvalue weighted by molar-refractivity contribution is 0.0949. The first kappa shape index (κ1) is 13.2. The lowest BCUT2D eigenvalue weighted by atomic mass is 10.2. The molecule has 1 aromatic carbocycles. The monoisotopic (exact) mass is 274 g/mol. The van der Waals surface area contributed by atoms with Crippen molar-refractivity contribution in [1.82, 2.24) is 10.6 Å². The smallest absolute Gasteiger partial charge is 0.254 e. The highest BCUT2D eigenvalue weighted by atomic mass is 35.5. The molecular weight excluding hydrogens is 262 g/mol. The van der Waals surface area contributed by atoms with Gasteiger partial charge in [-0.2, -0.15) is 0 Å². The predicted octanol–water partition coefficient (Wildman–Crippen LogP) is 2.10. The van der Waals surface area contributed by atoms with E-state index in [1.54, 1.807) is 0 Å². The molecule has 1 aliphatic rings. The Bertz CT molecular complexity index is 464. The SMILES string of the molecule is O=C(NCCNC1CC1)c1cc(F)c(Cl)cc1F. The third-order valence-corrected chi connectivity index (χ3v) is 2.97. The molecule has 2 rings (SSSR count). The van der Waals surface area contributed by atoms with E-state index in [9.17, 15) is 13.6 Å². The highest BCUT2D eigenvalue weighted by Gasteiger charge is 2.20. The van der Waals surface area contributed by atoms with Crippen LogP contribution in [0.15, 0.2) is 12.1 Å². The van der Waals surface area contributed by atoms with Crippen LogP contribution in [0.3, 0.4) is 0 Å². The van der Waals surface area contributed by atoms with Crippen LogP contribution in [0.2, 0.25) is 5.02 Å². The van der Waals surface area contributed by atoms with Gasteiger partial charge in [-0.25, -0.2) is 8.78 Å². The Morgan fingerprint density at radius 3 is 2.67 bits per heavy atom. The minimum atomic E-state index is -0.825. The molecule has 0 bridgehead atoms. The van der Waals surface area contributed by atoms with Gasteiger partial charge in [-0.05, 0) is 25.0 Å². The summed E-state index contributed by atoms with van der Waals surface area (Å²) >= 11 is 5.40. The van der Waals surface area contributed by atoms with Crippen LogP contribution in [0.5, 0.6) is 0 Å². The molecular formula is C12H13ClF2N2O. The van der Waals surface area contributed by atoms with Crippen molar-refractivity contribution in [3.63, 3.8) is 0 Å². The molecule has 0 radical (unpaired) electrons. The molecule has 0 aromatic heterocycles. The third kappa shape index (κ3) is 3.40. The summed E-state index contributed by atoms with van der Waals surface area (Å²) in [7, 11) is 0. The zero-order valence-corrected chi connectivity index (χ0v) is 10.4. The number of carbonyl (C=O) groups is 1. The Kier molecular flexibility index (Phi) is 4.14. The third-order valence-electron chi connectivity index (χ3n) is 2.68. The summed E-state index contributed by atoms with van der Waals surface area (Å²) in [5, 5.41) is 5.38. The maximum absolute atomic E-state index is 13.4. The first-order valence-corrected chi connectivity index (χ1v) is 6.12. The van der Waals surface area contributed by atoms with Crippen molar-refractivity contribution in [3.8, 4) is 0 Å². The fourth-order valence-corrected chi connectivity index (χ4v) is 1.68. The summed E-state index contributed by atoms with van der Waals surface area (Å²) in [6.07, 6.45) is 2.32. The summed E-state index contributed by atoms with van der Waals surface area (Å²) in [5.74, 6) is -2.27. The molecule has 0 atom stereocenters. The minimum Gasteiger partial charge on any atom is -0.351 e. The molecule has 0 aliphatic heterocycles. The first-order chi connectivity index (χ1) is 8.58. The quantitative estimate of drug-likeness (QED) is 0.638. The number of rotatable bonds is 5. The molecule has 3 nitrogen and oxygen atoms in total. The van der Waals surface area contributed by atoms with Crippen LogP contribution < -0.4 is 10.6 Å². The van der Waals surface area contributed by atoms with E-state index in [1.165, 1.54) is 0 Å². The van der Waals surface area contributed by atoms with Gasteiger partial charge in [0.1, 0.15) is 11.6 Å². The second kappa shape index (κ2) is 5.63. The van der Waals surface area contributed by atoms with Crippen LogP contribution in [0.25, 0.3) is 0 Å². The fraction of sp³-hybridized carbons (Fsp3) is 0.417. The summed E-state index contributed by atoms with van der Waals surface area (Å²) < 4.78 is 26.5. The lowest BCUT2D eigenvalue weighted by Gasteiger charge is -2.07. The zero-order chi connectivity index (χ0) is 13.1. The number of halogens is 3. The molecule has 1 aromatic rings. The van der Waals surface area contributed by atoms with Crippen molar-refractivity contribution in [2.75, 3.05) is 13.1 Å². The van der Waals surface area contributed by atoms with Gasteiger partial charge in [-0.1, -0.05) is 11.6 Å².